The van der Waals surface area contributed by atoms with Crippen molar-refractivity contribution in [1.29, 1.82) is 0 Å². The Hall–Kier alpha value is -1.59. The van der Waals surface area contributed by atoms with E-state index in [9.17, 15) is 4.79 Å². The van der Waals surface area contributed by atoms with Gasteiger partial charge in [0, 0.05) is 37.1 Å². The Bertz CT molecular complexity index is 462. The lowest BCUT2D eigenvalue weighted by Gasteiger charge is -2.20. The van der Waals surface area contributed by atoms with Gasteiger partial charge in [0.25, 0.3) is 0 Å². The number of nitrogens with one attached hydrogen (secondary N) is 2. The number of rotatable bonds is 6. The van der Waals surface area contributed by atoms with Crippen molar-refractivity contribution >= 4 is 17.3 Å². The van der Waals surface area contributed by atoms with E-state index in [0.717, 1.165) is 30.1 Å². The van der Waals surface area contributed by atoms with E-state index < -0.39 is 0 Å². The van der Waals surface area contributed by atoms with Crippen molar-refractivity contribution in [2.24, 2.45) is 0 Å². The van der Waals surface area contributed by atoms with Crippen molar-refractivity contribution in [3.05, 3.63) is 23.8 Å². The number of fused-ring (bicyclic) bond motifs is 1. The average molecular weight is 263 g/mol. The molecule has 5 heteroatoms. The minimum Gasteiger partial charge on any atom is -0.380 e. The van der Waals surface area contributed by atoms with Crippen LogP contribution in [-0.4, -0.2) is 39.8 Å². The molecule has 0 radical (unpaired) electrons. The molecule has 0 aromatic heterocycles. The van der Waals surface area contributed by atoms with E-state index in [1.54, 1.807) is 7.05 Å². The van der Waals surface area contributed by atoms with Crippen LogP contribution in [0.25, 0.3) is 0 Å². The van der Waals surface area contributed by atoms with Gasteiger partial charge in [0.2, 0.25) is 5.91 Å². The highest BCUT2D eigenvalue weighted by atomic mass is 16.5. The molecule has 1 aromatic carbocycles. The summed E-state index contributed by atoms with van der Waals surface area (Å²) < 4.78 is 5.35. The van der Waals surface area contributed by atoms with Crippen LogP contribution in [0.3, 0.4) is 0 Å². The Morgan fingerprint density at radius 3 is 2.95 bits per heavy atom. The van der Waals surface area contributed by atoms with Crippen molar-refractivity contribution < 1.29 is 9.53 Å². The SMILES string of the molecule is CCOCCN(C)c1ccc2c(c1)NC(=O)C2NC. The zero-order chi connectivity index (χ0) is 13.8. The molecule has 0 saturated carbocycles. The highest BCUT2D eigenvalue weighted by molar-refractivity contribution is 6.03. The number of hydrogen-bond donors (Lipinski definition) is 2. The van der Waals surface area contributed by atoms with Gasteiger partial charge in [0.15, 0.2) is 0 Å². The number of carbonyl (C=O) groups is 1. The normalized spacial score (nSPS) is 17.2. The Morgan fingerprint density at radius 1 is 1.47 bits per heavy atom. The lowest BCUT2D eigenvalue weighted by molar-refractivity contribution is -0.117. The van der Waals surface area contributed by atoms with Crippen molar-refractivity contribution in [1.82, 2.24) is 5.32 Å². The first-order valence-corrected chi connectivity index (χ1v) is 6.58. The fraction of sp³-hybridized carbons (Fsp3) is 0.500. The Labute approximate surface area is 113 Å². The van der Waals surface area contributed by atoms with E-state index in [-0.39, 0.29) is 11.9 Å². The maximum absolute atomic E-state index is 11.7. The second-order valence-electron chi connectivity index (χ2n) is 4.60. The first-order chi connectivity index (χ1) is 9.17. The van der Waals surface area contributed by atoms with Crippen molar-refractivity contribution in [2.45, 2.75) is 13.0 Å². The molecule has 0 bridgehead atoms. The van der Waals surface area contributed by atoms with Crippen molar-refractivity contribution in [3.63, 3.8) is 0 Å². The minimum atomic E-state index is -0.238. The summed E-state index contributed by atoms with van der Waals surface area (Å²) in [6.07, 6.45) is 0. The van der Waals surface area contributed by atoms with E-state index in [0.29, 0.717) is 6.61 Å². The summed E-state index contributed by atoms with van der Waals surface area (Å²) in [4.78, 5) is 13.9. The van der Waals surface area contributed by atoms with Gasteiger partial charge in [-0.25, -0.2) is 0 Å². The molecule has 104 valence electrons. The summed E-state index contributed by atoms with van der Waals surface area (Å²) in [5.41, 5.74) is 2.98. The predicted molar refractivity (Wildman–Crippen MR) is 76.6 cm³/mol. The number of ether oxygens (including phenoxy) is 1. The smallest absolute Gasteiger partial charge is 0.246 e. The molecule has 1 aliphatic rings. The molecule has 5 nitrogen and oxygen atoms in total. The van der Waals surface area contributed by atoms with E-state index >= 15 is 0 Å². The molecule has 1 atom stereocenters. The van der Waals surface area contributed by atoms with E-state index in [2.05, 4.69) is 15.5 Å². The molecule has 1 amide bonds. The molecule has 2 rings (SSSR count). The molecule has 2 N–H and O–H groups in total. The minimum absolute atomic E-state index is 0.00613. The summed E-state index contributed by atoms with van der Waals surface area (Å²) in [7, 11) is 3.81. The average Bonchev–Trinajstić information content (AvgIpc) is 2.73. The lowest BCUT2D eigenvalue weighted by atomic mass is 10.1. The molecule has 19 heavy (non-hydrogen) atoms. The molecule has 1 aromatic rings. The Balaban J connectivity index is 2.10. The summed E-state index contributed by atoms with van der Waals surface area (Å²) in [5.74, 6) is 0.00613. The van der Waals surface area contributed by atoms with Crippen LogP contribution >= 0.6 is 0 Å². The van der Waals surface area contributed by atoms with Gasteiger partial charge in [0.05, 0.1) is 6.61 Å². The fourth-order valence-corrected chi connectivity index (χ4v) is 2.25. The molecule has 0 fully saturated rings. The zero-order valence-corrected chi connectivity index (χ0v) is 11.7. The molecular formula is C14H21N3O2. The number of amides is 1. The van der Waals surface area contributed by atoms with Gasteiger partial charge >= 0.3 is 0 Å². The first-order valence-electron chi connectivity index (χ1n) is 6.58. The summed E-state index contributed by atoms with van der Waals surface area (Å²) >= 11 is 0. The van der Waals surface area contributed by atoms with Crippen molar-refractivity contribution in [3.8, 4) is 0 Å². The molecule has 0 spiro atoms. The van der Waals surface area contributed by atoms with Crippen LogP contribution in [0, 0.1) is 0 Å². The van der Waals surface area contributed by atoms with Crippen LogP contribution in [0.4, 0.5) is 11.4 Å². The number of anilines is 2. The lowest BCUT2D eigenvalue weighted by Crippen LogP contribution is -2.23. The number of nitrogens with zero attached hydrogens (tertiary/aromatic N) is 1. The molecular weight excluding hydrogens is 242 g/mol. The van der Waals surface area contributed by atoms with Gasteiger partial charge in [0.1, 0.15) is 6.04 Å². The van der Waals surface area contributed by atoms with Crippen LogP contribution in [-0.2, 0) is 9.53 Å². The fourth-order valence-electron chi connectivity index (χ4n) is 2.25. The summed E-state index contributed by atoms with van der Waals surface area (Å²) in [6.45, 7) is 4.26. The van der Waals surface area contributed by atoms with Crippen LogP contribution in [0.15, 0.2) is 18.2 Å². The van der Waals surface area contributed by atoms with E-state index in [1.807, 2.05) is 32.2 Å². The number of carbonyl (C=O) groups excluding carboxylic acids is 1. The maximum Gasteiger partial charge on any atom is 0.246 e. The molecule has 1 heterocycles. The van der Waals surface area contributed by atoms with Crippen LogP contribution in [0.2, 0.25) is 0 Å². The van der Waals surface area contributed by atoms with Gasteiger partial charge in [-0.2, -0.15) is 0 Å². The van der Waals surface area contributed by atoms with Gasteiger partial charge < -0.3 is 20.3 Å². The van der Waals surface area contributed by atoms with Gasteiger partial charge in [-0.1, -0.05) is 6.07 Å². The van der Waals surface area contributed by atoms with Gasteiger partial charge in [-0.15, -0.1) is 0 Å². The monoisotopic (exact) mass is 263 g/mol. The molecule has 1 aliphatic heterocycles. The standard InChI is InChI=1S/C14H21N3O2/c1-4-19-8-7-17(3)10-5-6-11-12(9-10)16-14(18)13(11)15-2/h5-6,9,13,15H,4,7-8H2,1-3H3,(H,16,18). The highest BCUT2D eigenvalue weighted by Crippen LogP contribution is 2.33. The first kappa shape index (κ1) is 13.8. The van der Waals surface area contributed by atoms with E-state index in [1.165, 1.54) is 0 Å². The third-order valence-electron chi connectivity index (χ3n) is 3.37. The summed E-state index contributed by atoms with van der Waals surface area (Å²) in [6, 6.07) is 5.81. The van der Waals surface area contributed by atoms with Gasteiger partial charge in [-0.05, 0) is 26.1 Å². The quantitative estimate of drug-likeness (QED) is 0.761. The molecule has 1 unspecified atom stereocenters. The van der Waals surface area contributed by atoms with Gasteiger partial charge in [-0.3, -0.25) is 4.79 Å². The third-order valence-corrected chi connectivity index (χ3v) is 3.37. The zero-order valence-electron chi connectivity index (χ0n) is 11.7. The Morgan fingerprint density at radius 2 is 2.26 bits per heavy atom. The van der Waals surface area contributed by atoms with Crippen LogP contribution in [0.5, 0.6) is 0 Å². The topological polar surface area (TPSA) is 53.6 Å². The number of hydrogen-bond acceptors (Lipinski definition) is 4. The predicted octanol–water partition coefficient (Wildman–Crippen LogP) is 1.37. The number of likely N-dealkylation sites (N-methyl/N-ethyl adjacent to an activating group) is 2. The Kier molecular flexibility index (Phi) is 4.39. The van der Waals surface area contributed by atoms with Crippen LogP contribution in [0.1, 0.15) is 18.5 Å². The van der Waals surface area contributed by atoms with Crippen LogP contribution < -0.4 is 15.5 Å². The third kappa shape index (κ3) is 2.88. The highest BCUT2D eigenvalue weighted by Gasteiger charge is 2.29. The maximum atomic E-state index is 11.7. The van der Waals surface area contributed by atoms with Crippen molar-refractivity contribution in [2.75, 3.05) is 44.1 Å². The summed E-state index contributed by atoms with van der Waals surface area (Å²) in [5, 5.41) is 5.92. The molecule has 0 aliphatic carbocycles. The number of benzene rings is 1. The van der Waals surface area contributed by atoms with E-state index in [4.69, 9.17) is 4.74 Å². The second kappa shape index (κ2) is 6.04. The second-order valence-corrected chi connectivity index (χ2v) is 4.60. The molecule has 0 saturated heterocycles. The largest absolute Gasteiger partial charge is 0.380 e.